The summed E-state index contributed by atoms with van der Waals surface area (Å²) >= 11 is 0. The average Bonchev–Trinajstić information content (AvgIpc) is 2.33. The first-order chi connectivity index (χ1) is 8.86. The Labute approximate surface area is 110 Å². The zero-order valence-corrected chi connectivity index (χ0v) is 10.8. The van der Waals surface area contributed by atoms with Gasteiger partial charge in [-0.05, 0) is 30.5 Å². The molecule has 1 heterocycles. The van der Waals surface area contributed by atoms with Crippen molar-refractivity contribution < 1.29 is 13.2 Å². The van der Waals surface area contributed by atoms with Gasteiger partial charge in [0.15, 0.2) is 0 Å². The van der Waals surface area contributed by atoms with Crippen molar-refractivity contribution in [2.24, 2.45) is 0 Å². The molecule has 2 N–H and O–H groups in total. The van der Waals surface area contributed by atoms with Gasteiger partial charge in [0.1, 0.15) is 0 Å². The largest absolute Gasteiger partial charge is 0.412 e. The van der Waals surface area contributed by atoms with Crippen molar-refractivity contribution in [1.29, 1.82) is 0 Å². The van der Waals surface area contributed by atoms with Crippen LogP contribution in [-0.4, -0.2) is 24.2 Å². The monoisotopic (exact) mass is 270 g/mol. The Hall–Kier alpha value is -1.49. The van der Waals surface area contributed by atoms with Gasteiger partial charge in [0.05, 0.1) is 0 Å². The number of benzene rings is 1. The normalized spacial score (nSPS) is 17.4. The van der Waals surface area contributed by atoms with Gasteiger partial charge in [-0.2, -0.15) is 13.2 Å². The second-order valence-electron chi connectivity index (χ2n) is 4.90. The standard InChI is InChI=1S/C14H17F3N2/c1-10-8-11(2-3-13(10)18)9-19-6-4-12(5-7-19)14(15,16)17/h2-4,8H,5-7,9,18H2,1H3. The number of halogens is 3. The van der Waals surface area contributed by atoms with Gasteiger partial charge in [0.2, 0.25) is 0 Å². The smallest absolute Gasteiger partial charge is 0.399 e. The molecule has 5 heteroatoms. The van der Waals surface area contributed by atoms with Crippen molar-refractivity contribution in [2.45, 2.75) is 26.1 Å². The van der Waals surface area contributed by atoms with Crippen LogP contribution in [0.5, 0.6) is 0 Å². The van der Waals surface area contributed by atoms with Crippen LogP contribution in [0.3, 0.4) is 0 Å². The van der Waals surface area contributed by atoms with Crippen LogP contribution in [0, 0.1) is 6.92 Å². The van der Waals surface area contributed by atoms with Gasteiger partial charge in [0, 0.05) is 30.9 Å². The number of anilines is 1. The molecule has 0 fully saturated rings. The molecule has 0 aliphatic carbocycles. The molecule has 1 aromatic rings. The summed E-state index contributed by atoms with van der Waals surface area (Å²) in [5, 5.41) is 0. The van der Waals surface area contributed by atoms with Crippen molar-refractivity contribution >= 4 is 5.69 Å². The third-order valence-electron chi connectivity index (χ3n) is 3.40. The van der Waals surface area contributed by atoms with Crippen molar-refractivity contribution in [3.8, 4) is 0 Å². The van der Waals surface area contributed by atoms with E-state index in [1.165, 1.54) is 6.08 Å². The summed E-state index contributed by atoms with van der Waals surface area (Å²) in [6.45, 7) is 3.37. The molecule has 0 radical (unpaired) electrons. The fraction of sp³-hybridized carbons (Fsp3) is 0.429. The maximum absolute atomic E-state index is 12.5. The van der Waals surface area contributed by atoms with E-state index in [1.807, 2.05) is 30.0 Å². The number of hydrogen-bond donors (Lipinski definition) is 1. The Bertz CT molecular complexity index is 492. The maximum Gasteiger partial charge on any atom is 0.412 e. The number of rotatable bonds is 2. The summed E-state index contributed by atoms with van der Waals surface area (Å²) in [7, 11) is 0. The van der Waals surface area contributed by atoms with Crippen LogP contribution in [0.1, 0.15) is 17.5 Å². The zero-order chi connectivity index (χ0) is 14.0. The van der Waals surface area contributed by atoms with Crippen LogP contribution in [0.2, 0.25) is 0 Å². The van der Waals surface area contributed by atoms with Gasteiger partial charge in [-0.15, -0.1) is 0 Å². The molecule has 2 nitrogen and oxygen atoms in total. The maximum atomic E-state index is 12.5. The van der Waals surface area contributed by atoms with Crippen LogP contribution in [-0.2, 0) is 6.54 Å². The quantitative estimate of drug-likeness (QED) is 0.660. The molecule has 1 aliphatic heterocycles. The van der Waals surface area contributed by atoms with Gasteiger partial charge in [-0.3, -0.25) is 4.90 Å². The first-order valence-corrected chi connectivity index (χ1v) is 6.20. The summed E-state index contributed by atoms with van der Waals surface area (Å²) in [6, 6.07) is 5.75. The SMILES string of the molecule is Cc1cc(CN2CC=C(C(F)(F)F)CC2)ccc1N. The highest BCUT2D eigenvalue weighted by Crippen LogP contribution is 2.30. The highest BCUT2D eigenvalue weighted by atomic mass is 19.4. The Kier molecular flexibility index (Phi) is 3.85. The molecular formula is C14H17F3N2. The minimum atomic E-state index is -4.18. The molecule has 19 heavy (non-hydrogen) atoms. The van der Waals surface area contributed by atoms with Crippen LogP contribution in [0.4, 0.5) is 18.9 Å². The van der Waals surface area contributed by atoms with Crippen LogP contribution in [0.15, 0.2) is 29.8 Å². The van der Waals surface area contributed by atoms with E-state index >= 15 is 0 Å². The predicted octanol–water partition coefficient (Wildman–Crippen LogP) is 3.27. The van der Waals surface area contributed by atoms with E-state index in [-0.39, 0.29) is 6.42 Å². The fourth-order valence-corrected chi connectivity index (χ4v) is 2.21. The third-order valence-corrected chi connectivity index (χ3v) is 3.40. The van der Waals surface area contributed by atoms with Crippen molar-refractivity contribution in [3.05, 3.63) is 41.0 Å². The highest BCUT2D eigenvalue weighted by Gasteiger charge is 2.34. The van der Waals surface area contributed by atoms with Gasteiger partial charge in [0.25, 0.3) is 0 Å². The number of hydrogen-bond acceptors (Lipinski definition) is 2. The number of nitrogens with two attached hydrogens (primary N) is 1. The molecule has 0 saturated carbocycles. The Morgan fingerprint density at radius 2 is 2.05 bits per heavy atom. The molecule has 0 spiro atoms. The molecule has 0 saturated heterocycles. The van der Waals surface area contributed by atoms with Gasteiger partial charge in [-0.1, -0.05) is 18.2 Å². The van der Waals surface area contributed by atoms with Gasteiger partial charge in [-0.25, -0.2) is 0 Å². The summed E-state index contributed by atoms with van der Waals surface area (Å²) in [4.78, 5) is 2.00. The van der Waals surface area contributed by atoms with E-state index < -0.39 is 11.7 Å². The highest BCUT2D eigenvalue weighted by molar-refractivity contribution is 5.47. The van der Waals surface area contributed by atoms with Crippen LogP contribution < -0.4 is 5.73 Å². The average molecular weight is 270 g/mol. The van der Waals surface area contributed by atoms with Gasteiger partial charge >= 0.3 is 6.18 Å². The molecular weight excluding hydrogens is 253 g/mol. The molecule has 0 bridgehead atoms. The molecule has 1 aliphatic rings. The summed E-state index contributed by atoms with van der Waals surface area (Å²) in [6.07, 6.45) is -2.82. The lowest BCUT2D eigenvalue weighted by Crippen LogP contribution is -2.31. The summed E-state index contributed by atoms with van der Waals surface area (Å²) in [5.74, 6) is 0. The lowest BCUT2D eigenvalue weighted by molar-refractivity contribution is -0.0960. The second kappa shape index (κ2) is 5.25. The first-order valence-electron chi connectivity index (χ1n) is 6.20. The molecule has 0 unspecified atom stereocenters. The minimum absolute atomic E-state index is 0.0669. The van der Waals surface area contributed by atoms with E-state index in [2.05, 4.69) is 0 Å². The topological polar surface area (TPSA) is 29.3 Å². The molecule has 0 aromatic heterocycles. The van der Waals surface area contributed by atoms with Crippen molar-refractivity contribution in [2.75, 3.05) is 18.8 Å². The number of alkyl halides is 3. The van der Waals surface area contributed by atoms with Gasteiger partial charge < -0.3 is 5.73 Å². The predicted molar refractivity (Wildman–Crippen MR) is 69.6 cm³/mol. The van der Waals surface area contributed by atoms with E-state index in [9.17, 15) is 13.2 Å². The lowest BCUT2D eigenvalue weighted by Gasteiger charge is -2.27. The molecule has 1 aromatic carbocycles. The number of nitrogens with zero attached hydrogens (tertiary/aromatic N) is 1. The fourth-order valence-electron chi connectivity index (χ4n) is 2.21. The van der Waals surface area contributed by atoms with E-state index in [0.29, 0.717) is 19.6 Å². The summed E-state index contributed by atoms with van der Waals surface area (Å²) in [5.41, 5.74) is 8.15. The number of aryl methyl sites for hydroxylation is 1. The Morgan fingerprint density at radius 3 is 2.58 bits per heavy atom. The van der Waals surface area contributed by atoms with Crippen LogP contribution >= 0.6 is 0 Å². The lowest BCUT2D eigenvalue weighted by atomic mass is 10.1. The number of nitrogen functional groups attached to an aromatic ring is 1. The first kappa shape index (κ1) is 13.9. The van der Waals surface area contributed by atoms with Crippen LogP contribution in [0.25, 0.3) is 0 Å². The van der Waals surface area contributed by atoms with E-state index in [4.69, 9.17) is 5.73 Å². The molecule has 104 valence electrons. The minimum Gasteiger partial charge on any atom is -0.399 e. The third kappa shape index (κ3) is 3.50. The Balaban J connectivity index is 1.99. The summed E-state index contributed by atoms with van der Waals surface area (Å²) < 4.78 is 37.5. The van der Waals surface area contributed by atoms with E-state index in [1.54, 1.807) is 0 Å². The van der Waals surface area contributed by atoms with Crippen molar-refractivity contribution in [1.82, 2.24) is 4.90 Å². The molecule has 2 rings (SSSR count). The Morgan fingerprint density at radius 1 is 1.32 bits per heavy atom. The second-order valence-corrected chi connectivity index (χ2v) is 4.90. The molecule has 0 atom stereocenters. The molecule has 0 amide bonds. The zero-order valence-electron chi connectivity index (χ0n) is 10.8. The van der Waals surface area contributed by atoms with E-state index in [0.717, 1.165) is 16.8 Å². The van der Waals surface area contributed by atoms with Crippen molar-refractivity contribution in [3.63, 3.8) is 0 Å².